The summed E-state index contributed by atoms with van der Waals surface area (Å²) in [7, 11) is 0. The van der Waals surface area contributed by atoms with Gasteiger partial charge in [0.1, 0.15) is 6.10 Å². The van der Waals surface area contributed by atoms with Crippen LogP contribution in [-0.2, 0) is 0 Å². The van der Waals surface area contributed by atoms with Gasteiger partial charge in [-0.05, 0) is 30.6 Å². The molecule has 2 aliphatic rings. The van der Waals surface area contributed by atoms with E-state index in [0.717, 1.165) is 12.8 Å². The van der Waals surface area contributed by atoms with Crippen LogP contribution in [0.15, 0.2) is 12.3 Å². The topological polar surface area (TPSA) is 85.4 Å². The summed E-state index contributed by atoms with van der Waals surface area (Å²) in [5.41, 5.74) is 6.21. The van der Waals surface area contributed by atoms with Crippen molar-refractivity contribution in [3.8, 4) is 5.88 Å². The minimum atomic E-state index is -1.06. The van der Waals surface area contributed by atoms with Crippen molar-refractivity contribution in [2.24, 2.45) is 16.7 Å². The van der Waals surface area contributed by atoms with E-state index < -0.39 is 5.97 Å². The zero-order valence-electron chi connectivity index (χ0n) is 12.7. The number of hydrogen-bond donors (Lipinski definition) is 2. The molecule has 0 saturated heterocycles. The maximum absolute atomic E-state index is 11.1. The van der Waals surface area contributed by atoms with Crippen molar-refractivity contribution < 1.29 is 14.6 Å². The first-order valence-electron chi connectivity index (χ1n) is 7.41. The first kappa shape index (κ1) is 14.2. The van der Waals surface area contributed by atoms with E-state index in [0.29, 0.717) is 11.8 Å². The second-order valence-corrected chi connectivity index (χ2v) is 7.13. The van der Waals surface area contributed by atoms with E-state index in [-0.39, 0.29) is 28.2 Å². The second-order valence-electron chi connectivity index (χ2n) is 7.13. The Kier molecular flexibility index (Phi) is 2.94. The average molecular weight is 290 g/mol. The lowest BCUT2D eigenvalue weighted by Crippen LogP contribution is -2.39. The van der Waals surface area contributed by atoms with Gasteiger partial charge in [-0.15, -0.1) is 0 Å². The van der Waals surface area contributed by atoms with E-state index in [1.54, 1.807) is 0 Å². The molecule has 1 aromatic heterocycles. The lowest BCUT2D eigenvalue weighted by molar-refractivity contribution is 0.0272. The third-order valence-electron chi connectivity index (χ3n) is 6.12. The van der Waals surface area contributed by atoms with Gasteiger partial charge < -0.3 is 15.6 Å². The number of aromatic carboxylic acids is 1. The van der Waals surface area contributed by atoms with E-state index in [1.165, 1.54) is 18.7 Å². The summed E-state index contributed by atoms with van der Waals surface area (Å²) in [6.45, 7) is 6.90. The number of nitrogen functional groups attached to an aromatic ring is 1. The Morgan fingerprint density at radius 3 is 2.71 bits per heavy atom. The van der Waals surface area contributed by atoms with Gasteiger partial charge in [0.25, 0.3) is 0 Å². The van der Waals surface area contributed by atoms with E-state index >= 15 is 0 Å². The number of nitrogens with two attached hydrogens (primary N) is 1. The van der Waals surface area contributed by atoms with E-state index in [9.17, 15) is 4.79 Å². The molecule has 5 heteroatoms. The molecule has 2 fully saturated rings. The summed E-state index contributed by atoms with van der Waals surface area (Å²) in [5.74, 6) is -0.0318. The molecule has 2 saturated carbocycles. The van der Waals surface area contributed by atoms with Crippen LogP contribution in [0.2, 0.25) is 0 Å². The predicted molar refractivity (Wildman–Crippen MR) is 79.3 cm³/mol. The van der Waals surface area contributed by atoms with Crippen molar-refractivity contribution in [2.45, 2.75) is 46.1 Å². The summed E-state index contributed by atoms with van der Waals surface area (Å²) >= 11 is 0. The SMILES string of the molecule is CC1(C)C2CCC1(C)C(Oc1cc(C(=O)O)c(N)cn1)C2. The molecule has 0 aromatic carbocycles. The first-order chi connectivity index (χ1) is 9.75. The molecular weight excluding hydrogens is 268 g/mol. The van der Waals surface area contributed by atoms with Gasteiger partial charge >= 0.3 is 5.97 Å². The Morgan fingerprint density at radius 1 is 1.48 bits per heavy atom. The maximum Gasteiger partial charge on any atom is 0.338 e. The summed E-state index contributed by atoms with van der Waals surface area (Å²) < 4.78 is 6.06. The van der Waals surface area contributed by atoms with E-state index in [1.807, 2.05) is 0 Å². The lowest BCUT2D eigenvalue weighted by atomic mass is 9.70. The minimum absolute atomic E-state index is 0.0487. The number of rotatable bonds is 3. The van der Waals surface area contributed by atoms with E-state index in [2.05, 4.69) is 25.8 Å². The number of nitrogens with zero attached hydrogens (tertiary/aromatic N) is 1. The van der Waals surface area contributed by atoms with Crippen molar-refractivity contribution in [1.29, 1.82) is 0 Å². The number of aromatic nitrogens is 1. The number of carboxylic acids is 1. The number of pyridine rings is 1. The molecule has 0 aliphatic heterocycles. The van der Waals surface area contributed by atoms with Gasteiger partial charge in [-0.1, -0.05) is 20.8 Å². The van der Waals surface area contributed by atoms with Crippen LogP contribution in [0, 0.1) is 16.7 Å². The average Bonchev–Trinajstić information content (AvgIpc) is 2.74. The van der Waals surface area contributed by atoms with Gasteiger partial charge in [-0.25, -0.2) is 9.78 Å². The van der Waals surface area contributed by atoms with Crippen LogP contribution in [0.5, 0.6) is 5.88 Å². The molecule has 2 aliphatic carbocycles. The zero-order valence-corrected chi connectivity index (χ0v) is 12.7. The maximum atomic E-state index is 11.1. The fraction of sp³-hybridized carbons (Fsp3) is 0.625. The standard InChI is InChI=1S/C16H22N2O3/c1-15(2)9-4-5-16(15,3)12(6-9)21-13-7-10(14(19)20)11(17)8-18-13/h7-9,12H,4-6,17H2,1-3H3,(H,19,20). The highest BCUT2D eigenvalue weighted by Crippen LogP contribution is 2.66. The molecule has 21 heavy (non-hydrogen) atoms. The van der Waals surface area contributed by atoms with Gasteiger partial charge in [0, 0.05) is 11.5 Å². The highest BCUT2D eigenvalue weighted by Gasteiger charge is 2.62. The van der Waals surface area contributed by atoms with Crippen LogP contribution in [0.4, 0.5) is 5.69 Å². The number of carboxylic acid groups (broad SMARTS) is 1. The minimum Gasteiger partial charge on any atom is -0.478 e. The van der Waals surface area contributed by atoms with E-state index in [4.69, 9.17) is 15.6 Å². The summed E-state index contributed by atoms with van der Waals surface area (Å²) in [6.07, 6.45) is 4.86. The number of anilines is 1. The second kappa shape index (κ2) is 4.36. The quantitative estimate of drug-likeness (QED) is 0.894. The van der Waals surface area contributed by atoms with Crippen LogP contribution in [0.1, 0.15) is 50.4 Å². The van der Waals surface area contributed by atoms with Crippen molar-refractivity contribution >= 4 is 11.7 Å². The molecular formula is C16H22N2O3. The normalized spacial score (nSPS) is 33.1. The molecule has 0 radical (unpaired) electrons. The van der Waals surface area contributed by atoms with Crippen molar-refractivity contribution in [2.75, 3.05) is 5.73 Å². The Morgan fingerprint density at radius 2 is 2.19 bits per heavy atom. The highest BCUT2D eigenvalue weighted by atomic mass is 16.5. The van der Waals surface area contributed by atoms with Crippen LogP contribution < -0.4 is 10.5 Å². The van der Waals surface area contributed by atoms with Crippen molar-refractivity contribution in [3.63, 3.8) is 0 Å². The number of ether oxygens (including phenoxy) is 1. The van der Waals surface area contributed by atoms with Crippen LogP contribution >= 0.6 is 0 Å². The fourth-order valence-corrected chi connectivity index (χ4v) is 4.15. The summed E-state index contributed by atoms with van der Waals surface area (Å²) in [4.78, 5) is 15.3. The van der Waals surface area contributed by atoms with Crippen molar-refractivity contribution in [3.05, 3.63) is 17.8 Å². The summed E-state index contributed by atoms with van der Waals surface area (Å²) in [5, 5.41) is 9.13. The van der Waals surface area contributed by atoms with Crippen LogP contribution in [0.3, 0.4) is 0 Å². The predicted octanol–water partition coefficient (Wildman–Crippen LogP) is 2.96. The first-order valence-corrected chi connectivity index (χ1v) is 7.41. The van der Waals surface area contributed by atoms with Gasteiger partial charge in [-0.2, -0.15) is 0 Å². The number of hydrogen-bond acceptors (Lipinski definition) is 4. The van der Waals surface area contributed by atoms with Crippen LogP contribution in [-0.4, -0.2) is 22.2 Å². The van der Waals surface area contributed by atoms with Crippen molar-refractivity contribution in [1.82, 2.24) is 4.98 Å². The molecule has 5 nitrogen and oxygen atoms in total. The Balaban J connectivity index is 1.86. The van der Waals surface area contributed by atoms with Crippen LogP contribution in [0.25, 0.3) is 0 Å². The molecule has 0 amide bonds. The fourth-order valence-electron chi connectivity index (χ4n) is 4.15. The third kappa shape index (κ3) is 1.90. The molecule has 1 heterocycles. The number of carbonyl (C=O) groups is 1. The molecule has 3 N–H and O–H groups in total. The molecule has 3 rings (SSSR count). The lowest BCUT2D eigenvalue weighted by Gasteiger charge is -2.38. The number of fused-ring (bicyclic) bond motifs is 2. The molecule has 3 unspecified atom stereocenters. The Hall–Kier alpha value is -1.78. The smallest absolute Gasteiger partial charge is 0.338 e. The zero-order chi connectivity index (χ0) is 15.4. The molecule has 0 spiro atoms. The molecule has 2 bridgehead atoms. The van der Waals surface area contributed by atoms with Gasteiger partial charge in [0.05, 0.1) is 17.4 Å². The Bertz CT molecular complexity index is 599. The van der Waals surface area contributed by atoms with Gasteiger partial charge in [-0.3, -0.25) is 0 Å². The third-order valence-corrected chi connectivity index (χ3v) is 6.12. The highest BCUT2D eigenvalue weighted by molar-refractivity contribution is 5.93. The largest absolute Gasteiger partial charge is 0.478 e. The van der Waals surface area contributed by atoms with Gasteiger partial charge in [0.15, 0.2) is 0 Å². The monoisotopic (exact) mass is 290 g/mol. The van der Waals surface area contributed by atoms with Gasteiger partial charge in [0.2, 0.25) is 5.88 Å². The molecule has 1 aromatic rings. The molecule has 114 valence electrons. The summed E-state index contributed by atoms with van der Waals surface area (Å²) in [6, 6.07) is 1.43. The Labute approximate surface area is 124 Å². The molecule has 3 atom stereocenters.